The second-order valence-corrected chi connectivity index (χ2v) is 7.13. The molecular weight excluding hydrogens is 183 g/mol. The largest absolute Gasteiger partial charge is 0.289 e. The minimum atomic E-state index is -2.09. The maximum absolute atomic E-state index is 12.6. The summed E-state index contributed by atoms with van der Waals surface area (Å²) in [5, 5.41) is 0. The van der Waals surface area contributed by atoms with Crippen LogP contribution in [0.4, 0.5) is 0 Å². The lowest BCUT2D eigenvalue weighted by atomic mass is 10.6. The first-order chi connectivity index (χ1) is 6.09. The third kappa shape index (κ3) is 1.58. The van der Waals surface area contributed by atoms with Crippen LogP contribution in [0.3, 0.4) is 0 Å². The summed E-state index contributed by atoms with van der Waals surface area (Å²) in [5.74, 6) is 0. The number of hydrogen-bond acceptors (Lipinski definition) is 1. The molecule has 2 fully saturated rings. The van der Waals surface area contributed by atoms with Crippen LogP contribution in [0.1, 0.15) is 27.2 Å². The van der Waals surface area contributed by atoms with Crippen molar-refractivity contribution in [3.05, 3.63) is 0 Å². The average molecular weight is 202 g/mol. The second kappa shape index (κ2) is 3.08. The third-order valence-corrected chi connectivity index (χ3v) is 6.72. The Morgan fingerprint density at radius 3 is 1.85 bits per heavy atom. The minimum Gasteiger partial charge on any atom is -0.289 e. The van der Waals surface area contributed by atoms with E-state index >= 15 is 0 Å². The van der Waals surface area contributed by atoms with E-state index in [0.29, 0.717) is 12.1 Å². The molecule has 2 aliphatic rings. The summed E-state index contributed by atoms with van der Waals surface area (Å²) in [7, 11) is -2.09. The van der Waals surface area contributed by atoms with Gasteiger partial charge >= 0.3 is 0 Å². The van der Waals surface area contributed by atoms with Crippen LogP contribution in [0.5, 0.6) is 0 Å². The molecule has 3 nitrogen and oxygen atoms in total. The van der Waals surface area contributed by atoms with E-state index < -0.39 is 7.44 Å². The maximum Gasteiger partial charge on any atom is 0.217 e. The summed E-state index contributed by atoms with van der Waals surface area (Å²) in [5.41, 5.74) is 0. The monoisotopic (exact) mass is 202 g/mol. The number of hydrogen-bond donors (Lipinski definition) is 0. The van der Waals surface area contributed by atoms with Crippen LogP contribution < -0.4 is 0 Å². The van der Waals surface area contributed by atoms with Crippen LogP contribution in [0.2, 0.25) is 0 Å². The molecule has 0 aromatic carbocycles. The molecule has 0 bridgehead atoms. The van der Waals surface area contributed by atoms with Gasteiger partial charge < -0.3 is 0 Å². The Labute approximate surface area is 80.6 Å². The Morgan fingerprint density at radius 1 is 1.23 bits per heavy atom. The molecule has 0 aromatic rings. The van der Waals surface area contributed by atoms with Crippen molar-refractivity contribution in [2.24, 2.45) is 0 Å². The van der Waals surface area contributed by atoms with E-state index in [9.17, 15) is 4.57 Å². The quantitative estimate of drug-likeness (QED) is 0.514. The smallest absolute Gasteiger partial charge is 0.217 e. The van der Waals surface area contributed by atoms with Gasteiger partial charge in [-0.1, -0.05) is 6.92 Å². The molecule has 13 heavy (non-hydrogen) atoms. The second-order valence-electron chi connectivity index (χ2n) is 4.33. The zero-order valence-electron chi connectivity index (χ0n) is 8.73. The van der Waals surface area contributed by atoms with E-state index in [1.54, 1.807) is 0 Å². The molecule has 0 radical (unpaired) electrons. The summed E-state index contributed by atoms with van der Waals surface area (Å²) in [6.07, 6.45) is 1.91. The van der Waals surface area contributed by atoms with Crippen LogP contribution in [0, 0.1) is 0 Å². The van der Waals surface area contributed by atoms with Crippen LogP contribution in [0.15, 0.2) is 0 Å². The molecule has 2 saturated heterocycles. The molecule has 4 unspecified atom stereocenters. The summed E-state index contributed by atoms with van der Waals surface area (Å²) in [6, 6.07) is 1.12. The van der Waals surface area contributed by atoms with E-state index in [1.807, 2.05) is 0 Å². The zero-order chi connectivity index (χ0) is 9.64. The topological polar surface area (TPSA) is 23.1 Å². The standard InChI is InChI=1S/C9H19N2OP/c1-4-5-13(12,10-6-8(10)2)11-7-9(11)3/h8-9H,4-7H2,1-3H3. The Hall–Kier alpha value is 0.150. The van der Waals surface area contributed by atoms with Gasteiger partial charge in [0.2, 0.25) is 7.44 Å². The summed E-state index contributed by atoms with van der Waals surface area (Å²) in [4.78, 5) is 0. The third-order valence-electron chi connectivity index (χ3n) is 2.97. The van der Waals surface area contributed by atoms with Crippen molar-refractivity contribution in [2.45, 2.75) is 39.3 Å². The zero-order valence-corrected chi connectivity index (χ0v) is 9.63. The molecule has 4 heteroatoms. The van der Waals surface area contributed by atoms with E-state index in [0.717, 1.165) is 25.7 Å². The first-order valence-electron chi connectivity index (χ1n) is 5.23. The molecule has 2 rings (SSSR count). The van der Waals surface area contributed by atoms with E-state index in [4.69, 9.17) is 0 Å². The van der Waals surface area contributed by atoms with Crippen LogP contribution >= 0.6 is 7.44 Å². The van der Waals surface area contributed by atoms with Crippen LogP contribution in [0.25, 0.3) is 0 Å². The highest BCUT2D eigenvalue weighted by Crippen LogP contribution is 2.64. The van der Waals surface area contributed by atoms with Crippen LogP contribution in [-0.2, 0) is 4.57 Å². The SMILES string of the molecule is CCCP(=O)(N1CC1C)N1CC1C. The number of rotatable bonds is 4. The van der Waals surface area contributed by atoms with Gasteiger partial charge in [0.05, 0.1) is 0 Å². The van der Waals surface area contributed by atoms with Crippen molar-refractivity contribution in [1.29, 1.82) is 0 Å². The van der Waals surface area contributed by atoms with Crippen molar-refractivity contribution in [1.82, 2.24) is 9.34 Å². The molecule has 0 aromatic heterocycles. The lowest BCUT2D eigenvalue weighted by Crippen LogP contribution is -2.10. The molecule has 0 spiro atoms. The molecule has 2 heterocycles. The van der Waals surface area contributed by atoms with E-state index in [-0.39, 0.29) is 0 Å². The van der Waals surface area contributed by atoms with Crippen molar-refractivity contribution in [3.8, 4) is 0 Å². The van der Waals surface area contributed by atoms with Gasteiger partial charge in [-0.15, -0.1) is 0 Å². The van der Waals surface area contributed by atoms with Gasteiger partial charge in [0.1, 0.15) is 0 Å². The Balaban J connectivity index is 2.07. The van der Waals surface area contributed by atoms with E-state index in [2.05, 4.69) is 30.1 Å². The van der Waals surface area contributed by atoms with Gasteiger partial charge in [0.15, 0.2) is 0 Å². The first kappa shape index (κ1) is 9.70. The fraction of sp³-hybridized carbons (Fsp3) is 1.00. The molecule has 0 saturated carbocycles. The van der Waals surface area contributed by atoms with Gasteiger partial charge in [0.25, 0.3) is 0 Å². The molecule has 76 valence electrons. The van der Waals surface area contributed by atoms with Gasteiger partial charge in [-0.25, -0.2) is 9.34 Å². The normalized spacial score (nSPS) is 47.0. The molecule has 2 aliphatic heterocycles. The molecule has 0 amide bonds. The van der Waals surface area contributed by atoms with Crippen molar-refractivity contribution >= 4 is 7.44 Å². The predicted molar refractivity (Wildman–Crippen MR) is 55.1 cm³/mol. The first-order valence-corrected chi connectivity index (χ1v) is 7.02. The summed E-state index contributed by atoms with van der Waals surface area (Å²) in [6.45, 7) is 8.53. The van der Waals surface area contributed by atoms with E-state index in [1.165, 1.54) is 0 Å². The highest BCUT2D eigenvalue weighted by atomic mass is 31.2. The molecule has 0 N–H and O–H groups in total. The van der Waals surface area contributed by atoms with Gasteiger partial charge in [-0.3, -0.25) is 4.57 Å². The predicted octanol–water partition coefficient (Wildman–Crippen LogP) is 2.00. The molecule has 0 aliphatic carbocycles. The number of nitrogens with zero attached hydrogens (tertiary/aromatic N) is 2. The fourth-order valence-electron chi connectivity index (χ4n) is 2.01. The van der Waals surface area contributed by atoms with Crippen LogP contribution in [-0.4, -0.2) is 40.7 Å². The highest BCUT2D eigenvalue weighted by Gasteiger charge is 2.53. The summed E-state index contributed by atoms with van der Waals surface area (Å²) < 4.78 is 17.0. The molecular formula is C9H19N2OP. The molecule has 4 atom stereocenters. The fourth-order valence-corrected chi connectivity index (χ4v) is 5.62. The van der Waals surface area contributed by atoms with Crippen molar-refractivity contribution in [3.63, 3.8) is 0 Å². The highest BCUT2D eigenvalue weighted by molar-refractivity contribution is 7.59. The lowest BCUT2D eigenvalue weighted by Gasteiger charge is -2.20. The summed E-state index contributed by atoms with van der Waals surface area (Å²) >= 11 is 0. The maximum atomic E-state index is 12.6. The van der Waals surface area contributed by atoms with Crippen molar-refractivity contribution < 1.29 is 4.57 Å². The van der Waals surface area contributed by atoms with Crippen molar-refractivity contribution in [2.75, 3.05) is 19.3 Å². The Bertz CT molecular complexity index is 236. The lowest BCUT2D eigenvalue weighted by molar-refractivity contribution is 0.504. The minimum absolute atomic E-state index is 0.560. The Morgan fingerprint density at radius 2 is 1.62 bits per heavy atom. The Kier molecular flexibility index (Phi) is 2.30. The average Bonchev–Trinajstić information content (AvgIpc) is 2.90. The van der Waals surface area contributed by atoms with Gasteiger partial charge in [0, 0.05) is 31.3 Å². The van der Waals surface area contributed by atoms with Gasteiger partial charge in [-0.2, -0.15) is 0 Å². The van der Waals surface area contributed by atoms with Gasteiger partial charge in [-0.05, 0) is 20.3 Å².